The Balaban J connectivity index is 2.13. The number of hydrogen-bond donors (Lipinski definition) is 1. The van der Waals surface area contributed by atoms with Gasteiger partial charge in [0.1, 0.15) is 0 Å². The van der Waals surface area contributed by atoms with Crippen molar-refractivity contribution in [3.63, 3.8) is 0 Å². The van der Waals surface area contributed by atoms with Crippen molar-refractivity contribution in [1.82, 2.24) is 14.7 Å². The lowest BCUT2D eigenvalue weighted by molar-refractivity contribution is 0.0845. The monoisotopic (exact) mass is 282 g/mol. The number of anilines is 1. The van der Waals surface area contributed by atoms with Crippen molar-refractivity contribution in [3.8, 4) is 0 Å². The van der Waals surface area contributed by atoms with Crippen LogP contribution in [0.4, 0.5) is 5.82 Å². The Morgan fingerprint density at radius 2 is 2.32 bits per heavy atom. The zero-order valence-corrected chi connectivity index (χ0v) is 12.8. The van der Waals surface area contributed by atoms with Gasteiger partial charge in [0.15, 0.2) is 10.8 Å². The van der Waals surface area contributed by atoms with Crippen LogP contribution >= 0.6 is 11.3 Å². The number of ether oxygens (including phenoxy) is 1. The summed E-state index contributed by atoms with van der Waals surface area (Å²) in [5.41, 5.74) is 1.20. The minimum atomic E-state index is 0.274. The first kappa shape index (κ1) is 14.3. The molecule has 0 aromatic carbocycles. The second-order valence-corrected chi connectivity index (χ2v) is 5.68. The number of rotatable bonds is 7. The van der Waals surface area contributed by atoms with Gasteiger partial charge in [0.2, 0.25) is 0 Å². The van der Waals surface area contributed by atoms with Gasteiger partial charge >= 0.3 is 0 Å². The summed E-state index contributed by atoms with van der Waals surface area (Å²) in [5, 5.41) is 5.27. The number of imidazole rings is 1. The van der Waals surface area contributed by atoms with E-state index >= 15 is 0 Å². The minimum Gasteiger partial charge on any atom is -0.377 e. The first-order valence-electron chi connectivity index (χ1n) is 6.55. The third-order valence-electron chi connectivity index (χ3n) is 2.92. The Hall–Kier alpha value is -1.11. The van der Waals surface area contributed by atoms with Crippen LogP contribution in [-0.4, -0.2) is 42.7 Å². The van der Waals surface area contributed by atoms with Crippen LogP contribution in [0.2, 0.25) is 0 Å². The molecule has 2 aromatic rings. The third kappa shape index (κ3) is 3.26. The maximum absolute atomic E-state index is 5.60. The standard InChI is InChI=1S/C13H22N4OS/c1-10(2)18-7-5-16(4)12-11(9-14-3)17-6-8-19-13(17)15-12/h6,8,10,14H,5,7,9H2,1-4H3. The third-order valence-corrected chi connectivity index (χ3v) is 3.68. The fourth-order valence-electron chi connectivity index (χ4n) is 1.99. The highest BCUT2D eigenvalue weighted by Crippen LogP contribution is 2.23. The molecule has 0 spiro atoms. The summed E-state index contributed by atoms with van der Waals surface area (Å²) in [5.74, 6) is 1.04. The Kier molecular flexibility index (Phi) is 4.79. The van der Waals surface area contributed by atoms with E-state index in [1.165, 1.54) is 5.69 Å². The summed E-state index contributed by atoms with van der Waals surface area (Å²) in [7, 11) is 4.02. The second kappa shape index (κ2) is 6.36. The van der Waals surface area contributed by atoms with Gasteiger partial charge in [-0.3, -0.25) is 4.40 Å². The average Bonchev–Trinajstić information content (AvgIpc) is 2.91. The smallest absolute Gasteiger partial charge is 0.195 e. The van der Waals surface area contributed by atoms with E-state index in [9.17, 15) is 0 Å². The van der Waals surface area contributed by atoms with Crippen molar-refractivity contribution in [1.29, 1.82) is 0 Å². The molecule has 0 fully saturated rings. The van der Waals surface area contributed by atoms with Crippen molar-refractivity contribution in [3.05, 3.63) is 17.3 Å². The fraction of sp³-hybridized carbons (Fsp3) is 0.615. The summed E-state index contributed by atoms with van der Waals surface area (Å²) in [6.45, 7) is 6.48. The molecule has 0 atom stereocenters. The molecular formula is C13H22N4OS. The highest BCUT2D eigenvalue weighted by Gasteiger charge is 2.15. The molecule has 2 rings (SSSR count). The van der Waals surface area contributed by atoms with Gasteiger partial charge < -0.3 is 15.0 Å². The molecule has 6 heteroatoms. The van der Waals surface area contributed by atoms with E-state index in [0.717, 1.165) is 30.5 Å². The summed E-state index contributed by atoms with van der Waals surface area (Å²) in [4.78, 5) is 7.90. The van der Waals surface area contributed by atoms with Crippen LogP contribution < -0.4 is 10.2 Å². The van der Waals surface area contributed by atoms with Crippen molar-refractivity contribution >= 4 is 22.1 Å². The van der Waals surface area contributed by atoms with E-state index in [2.05, 4.69) is 47.1 Å². The zero-order chi connectivity index (χ0) is 13.8. The topological polar surface area (TPSA) is 41.8 Å². The van der Waals surface area contributed by atoms with Gasteiger partial charge in [0, 0.05) is 31.7 Å². The molecular weight excluding hydrogens is 260 g/mol. The van der Waals surface area contributed by atoms with Gasteiger partial charge in [-0.15, -0.1) is 11.3 Å². The predicted molar refractivity (Wildman–Crippen MR) is 80.2 cm³/mol. The lowest BCUT2D eigenvalue weighted by Crippen LogP contribution is -2.26. The number of nitrogens with zero attached hydrogens (tertiary/aromatic N) is 3. The first-order valence-corrected chi connectivity index (χ1v) is 7.43. The van der Waals surface area contributed by atoms with Gasteiger partial charge in [-0.2, -0.15) is 0 Å². The maximum atomic E-state index is 5.60. The fourth-order valence-corrected chi connectivity index (χ4v) is 2.72. The molecule has 0 aliphatic carbocycles. The Morgan fingerprint density at radius 1 is 1.53 bits per heavy atom. The van der Waals surface area contributed by atoms with Gasteiger partial charge in [-0.1, -0.05) is 0 Å². The molecule has 0 amide bonds. The van der Waals surface area contributed by atoms with Crippen molar-refractivity contribution < 1.29 is 4.74 Å². The van der Waals surface area contributed by atoms with Crippen LogP contribution in [0.1, 0.15) is 19.5 Å². The average molecular weight is 282 g/mol. The lowest BCUT2D eigenvalue weighted by atomic mass is 10.4. The number of nitrogens with one attached hydrogen (secondary N) is 1. The Labute approximate surface area is 118 Å². The quantitative estimate of drug-likeness (QED) is 0.843. The number of thiazole rings is 1. The molecule has 0 bridgehead atoms. The SMILES string of the molecule is CNCc1c(N(C)CCOC(C)C)nc2sccn12. The molecule has 106 valence electrons. The van der Waals surface area contributed by atoms with Gasteiger partial charge in [0.05, 0.1) is 18.4 Å². The highest BCUT2D eigenvalue weighted by molar-refractivity contribution is 7.15. The van der Waals surface area contributed by atoms with Crippen LogP contribution in [-0.2, 0) is 11.3 Å². The molecule has 0 saturated carbocycles. The molecule has 0 saturated heterocycles. The van der Waals surface area contributed by atoms with Gasteiger partial charge in [-0.05, 0) is 20.9 Å². The lowest BCUT2D eigenvalue weighted by Gasteiger charge is -2.19. The predicted octanol–water partition coefficient (Wildman–Crippen LogP) is 1.98. The van der Waals surface area contributed by atoms with Crippen LogP contribution in [0.25, 0.3) is 4.96 Å². The van der Waals surface area contributed by atoms with E-state index in [-0.39, 0.29) is 6.10 Å². The summed E-state index contributed by atoms with van der Waals surface area (Å²) in [6.07, 6.45) is 2.34. The summed E-state index contributed by atoms with van der Waals surface area (Å²) in [6, 6.07) is 0. The molecule has 19 heavy (non-hydrogen) atoms. The summed E-state index contributed by atoms with van der Waals surface area (Å²) >= 11 is 1.66. The minimum absolute atomic E-state index is 0.274. The molecule has 2 heterocycles. The second-order valence-electron chi connectivity index (χ2n) is 4.81. The maximum Gasteiger partial charge on any atom is 0.195 e. The molecule has 0 aliphatic rings. The van der Waals surface area contributed by atoms with Crippen LogP contribution in [0.3, 0.4) is 0 Å². The Morgan fingerprint density at radius 3 is 3.00 bits per heavy atom. The number of hydrogen-bond acceptors (Lipinski definition) is 5. The molecule has 2 aromatic heterocycles. The number of fused-ring (bicyclic) bond motifs is 1. The molecule has 0 radical (unpaired) electrons. The molecule has 0 unspecified atom stereocenters. The largest absolute Gasteiger partial charge is 0.377 e. The van der Waals surface area contributed by atoms with E-state index in [0.29, 0.717) is 0 Å². The summed E-state index contributed by atoms with van der Waals surface area (Å²) < 4.78 is 7.75. The van der Waals surface area contributed by atoms with Crippen molar-refractivity contribution in [2.24, 2.45) is 0 Å². The first-order chi connectivity index (χ1) is 9.13. The van der Waals surface area contributed by atoms with Gasteiger partial charge in [0.25, 0.3) is 0 Å². The van der Waals surface area contributed by atoms with E-state index in [1.54, 1.807) is 11.3 Å². The van der Waals surface area contributed by atoms with Crippen molar-refractivity contribution in [2.45, 2.75) is 26.5 Å². The van der Waals surface area contributed by atoms with E-state index < -0.39 is 0 Å². The van der Waals surface area contributed by atoms with Crippen molar-refractivity contribution in [2.75, 3.05) is 32.1 Å². The molecule has 1 N–H and O–H groups in total. The van der Waals surface area contributed by atoms with Crippen LogP contribution in [0, 0.1) is 0 Å². The van der Waals surface area contributed by atoms with E-state index in [1.807, 2.05) is 7.05 Å². The Bertz CT molecular complexity index is 520. The van der Waals surface area contributed by atoms with Gasteiger partial charge in [-0.25, -0.2) is 4.98 Å². The van der Waals surface area contributed by atoms with E-state index in [4.69, 9.17) is 9.72 Å². The normalized spacial score (nSPS) is 11.6. The zero-order valence-electron chi connectivity index (χ0n) is 12.0. The molecule has 5 nitrogen and oxygen atoms in total. The van der Waals surface area contributed by atoms with Crippen LogP contribution in [0.5, 0.6) is 0 Å². The highest BCUT2D eigenvalue weighted by atomic mass is 32.1. The number of likely N-dealkylation sites (N-methyl/N-ethyl adjacent to an activating group) is 1. The molecule has 0 aliphatic heterocycles. The number of aromatic nitrogens is 2. The van der Waals surface area contributed by atoms with Crippen LogP contribution in [0.15, 0.2) is 11.6 Å².